The summed E-state index contributed by atoms with van der Waals surface area (Å²) in [5.74, 6) is 2.15. The molecule has 0 saturated carbocycles. The van der Waals surface area contributed by atoms with Crippen molar-refractivity contribution in [2.45, 2.75) is 40.5 Å². The highest BCUT2D eigenvalue weighted by molar-refractivity contribution is 6.30. The van der Waals surface area contributed by atoms with Crippen LogP contribution in [0.3, 0.4) is 0 Å². The topological polar surface area (TPSA) is 65.7 Å². The molecule has 0 unspecified atom stereocenters. The Bertz CT molecular complexity index is 1490. The number of hydrogen-bond donors (Lipinski definition) is 0. The molecule has 1 aromatic heterocycles. The number of benzene rings is 3. The maximum absolute atomic E-state index is 13.6. The van der Waals surface area contributed by atoms with E-state index in [0.29, 0.717) is 46.3 Å². The lowest BCUT2D eigenvalue weighted by atomic mass is 9.96. The van der Waals surface area contributed by atoms with Crippen LogP contribution in [0.25, 0.3) is 22.3 Å². The molecule has 0 aliphatic rings. The molecule has 0 atom stereocenters. The molecule has 0 radical (unpaired) electrons. The first kappa shape index (κ1) is 25.5. The molecule has 0 N–H and O–H groups in total. The summed E-state index contributed by atoms with van der Waals surface area (Å²) in [5, 5.41) is 5.64. The van der Waals surface area contributed by atoms with E-state index < -0.39 is 0 Å². The zero-order chi connectivity index (χ0) is 25.8. The van der Waals surface area contributed by atoms with Gasteiger partial charge in [-0.3, -0.25) is 4.79 Å². The number of halogens is 1. The first-order chi connectivity index (χ1) is 17.3. The van der Waals surface area contributed by atoms with E-state index in [-0.39, 0.29) is 11.5 Å². The lowest BCUT2D eigenvalue weighted by molar-refractivity contribution is 0.335. The van der Waals surface area contributed by atoms with Crippen LogP contribution >= 0.6 is 11.6 Å². The number of nitrogens with zero attached hydrogens (tertiary/aromatic N) is 3. The van der Waals surface area contributed by atoms with Gasteiger partial charge >= 0.3 is 0 Å². The Hall–Kier alpha value is -3.64. The third-order valence-corrected chi connectivity index (χ3v) is 6.09. The van der Waals surface area contributed by atoms with Gasteiger partial charge in [0.05, 0.1) is 30.3 Å². The maximum atomic E-state index is 13.6. The number of hydrogen-bond acceptors (Lipinski definition) is 5. The summed E-state index contributed by atoms with van der Waals surface area (Å²) < 4.78 is 13.0. The molecule has 0 aliphatic heterocycles. The van der Waals surface area contributed by atoms with Crippen LogP contribution in [0.4, 0.5) is 0 Å². The van der Waals surface area contributed by atoms with Gasteiger partial charge in [0.15, 0.2) is 5.82 Å². The van der Waals surface area contributed by atoms with Crippen molar-refractivity contribution in [3.8, 4) is 22.9 Å². The molecule has 0 amide bonds. The smallest absolute Gasteiger partial charge is 0.282 e. The highest BCUT2D eigenvalue weighted by atomic mass is 35.5. The number of fused-ring (bicyclic) bond motifs is 1. The monoisotopic (exact) mass is 503 g/mol. The van der Waals surface area contributed by atoms with Gasteiger partial charge in [0, 0.05) is 16.1 Å². The van der Waals surface area contributed by atoms with Gasteiger partial charge in [-0.2, -0.15) is 9.78 Å². The number of rotatable bonds is 8. The van der Waals surface area contributed by atoms with Gasteiger partial charge in [0.25, 0.3) is 5.56 Å². The van der Waals surface area contributed by atoms with Crippen molar-refractivity contribution in [1.29, 1.82) is 0 Å². The summed E-state index contributed by atoms with van der Waals surface area (Å²) >= 11 is 6.23. The first-order valence-electron chi connectivity index (χ1n) is 12.1. The Kier molecular flexibility index (Phi) is 7.75. The molecule has 1 heterocycles. The Morgan fingerprint density at radius 2 is 1.75 bits per heavy atom. The van der Waals surface area contributed by atoms with E-state index >= 15 is 0 Å². The van der Waals surface area contributed by atoms with Crippen molar-refractivity contribution in [1.82, 2.24) is 9.66 Å². The van der Waals surface area contributed by atoms with Crippen LogP contribution in [0.2, 0.25) is 5.02 Å². The van der Waals surface area contributed by atoms with Gasteiger partial charge in [-0.25, -0.2) is 4.98 Å². The van der Waals surface area contributed by atoms with Gasteiger partial charge in [0.1, 0.15) is 11.5 Å². The lowest BCUT2D eigenvalue weighted by Gasteiger charge is -2.18. The second-order valence-corrected chi connectivity index (χ2v) is 9.16. The fraction of sp³-hybridized carbons (Fsp3) is 0.276. The van der Waals surface area contributed by atoms with E-state index in [0.717, 1.165) is 22.4 Å². The number of aromatic nitrogens is 2. The van der Waals surface area contributed by atoms with Gasteiger partial charge < -0.3 is 9.47 Å². The molecule has 186 valence electrons. The Morgan fingerprint density at radius 1 is 1.03 bits per heavy atom. The van der Waals surface area contributed by atoms with Gasteiger partial charge in [-0.1, -0.05) is 37.6 Å². The maximum Gasteiger partial charge on any atom is 0.282 e. The predicted molar refractivity (Wildman–Crippen MR) is 147 cm³/mol. The summed E-state index contributed by atoms with van der Waals surface area (Å²) in [4.78, 5) is 18.5. The predicted octanol–water partition coefficient (Wildman–Crippen LogP) is 6.83. The van der Waals surface area contributed by atoms with Crippen molar-refractivity contribution in [3.05, 3.63) is 86.7 Å². The molecule has 0 aliphatic carbocycles. The normalized spacial score (nSPS) is 11.5. The molecule has 6 nitrogen and oxygen atoms in total. The van der Waals surface area contributed by atoms with E-state index in [1.54, 1.807) is 30.5 Å². The van der Waals surface area contributed by atoms with Crippen molar-refractivity contribution in [2.24, 2.45) is 5.10 Å². The average molecular weight is 504 g/mol. The zero-order valence-corrected chi connectivity index (χ0v) is 22.0. The Labute approximate surface area is 216 Å². The molecule has 36 heavy (non-hydrogen) atoms. The highest BCUT2D eigenvalue weighted by Gasteiger charge is 2.18. The molecular formula is C29H30ClN3O3. The van der Waals surface area contributed by atoms with Crippen molar-refractivity contribution in [2.75, 3.05) is 13.2 Å². The minimum absolute atomic E-state index is 0.218. The summed E-state index contributed by atoms with van der Waals surface area (Å²) in [7, 11) is 0. The van der Waals surface area contributed by atoms with E-state index in [1.165, 1.54) is 4.68 Å². The third-order valence-electron chi connectivity index (χ3n) is 5.86. The minimum atomic E-state index is -0.258. The number of ether oxygens (including phenoxy) is 2. The average Bonchev–Trinajstić information content (AvgIpc) is 2.85. The van der Waals surface area contributed by atoms with E-state index in [4.69, 9.17) is 26.1 Å². The SMILES string of the molecule is CCOc1ccc(Cl)cc1C=Nn1c(-c2cc(C(C)C)c(OCC)cc2C)nc2ccccc2c1=O. The summed E-state index contributed by atoms with van der Waals surface area (Å²) in [6.07, 6.45) is 1.59. The Morgan fingerprint density at radius 3 is 2.47 bits per heavy atom. The summed E-state index contributed by atoms with van der Waals surface area (Å²) in [5.41, 5.74) is 3.82. The van der Waals surface area contributed by atoms with Crippen molar-refractivity contribution >= 4 is 28.7 Å². The molecule has 3 aromatic carbocycles. The zero-order valence-electron chi connectivity index (χ0n) is 21.2. The molecule has 0 saturated heterocycles. The highest BCUT2D eigenvalue weighted by Crippen LogP contribution is 2.34. The minimum Gasteiger partial charge on any atom is -0.494 e. The molecule has 4 aromatic rings. The van der Waals surface area contributed by atoms with Crippen molar-refractivity contribution < 1.29 is 9.47 Å². The van der Waals surface area contributed by atoms with Crippen LogP contribution in [0.5, 0.6) is 11.5 Å². The largest absolute Gasteiger partial charge is 0.494 e. The molecular weight excluding hydrogens is 474 g/mol. The van der Waals surface area contributed by atoms with E-state index in [1.807, 2.05) is 45.0 Å². The van der Waals surface area contributed by atoms with Crippen LogP contribution in [-0.2, 0) is 0 Å². The second-order valence-electron chi connectivity index (χ2n) is 8.72. The fourth-order valence-electron chi connectivity index (χ4n) is 4.10. The summed E-state index contributed by atoms with van der Waals surface area (Å²) in [6.45, 7) is 11.2. The lowest BCUT2D eigenvalue weighted by Crippen LogP contribution is -2.21. The quantitative estimate of drug-likeness (QED) is 0.247. The van der Waals surface area contributed by atoms with Gasteiger partial charge in [-0.15, -0.1) is 0 Å². The van der Waals surface area contributed by atoms with E-state index in [2.05, 4.69) is 25.0 Å². The molecule has 0 fully saturated rings. The molecule has 0 bridgehead atoms. The van der Waals surface area contributed by atoms with Crippen LogP contribution < -0.4 is 15.0 Å². The summed E-state index contributed by atoms with van der Waals surface area (Å²) in [6, 6.07) is 16.7. The Balaban J connectivity index is 1.98. The van der Waals surface area contributed by atoms with Gasteiger partial charge in [0.2, 0.25) is 0 Å². The van der Waals surface area contributed by atoms with Crippen molar-refractivity contribution in [3.63, 3.8) is 0 Å². The van der Waals surface area contributed by atoms with E-state index in [9.17, 15) is 4.79 Å². The van der Waals surface area contributed by atoms with Crippen LogP contribution in [0, 0.1) is 6.92 Å². The first-order valence-corrected chi connectivity index (χ1v) is 12.5. The molecule has 7 heteroatoms. The number of para-hydroxylation sites is 1. The molecule has 4 rings (SSSR count). The van der Waals surface area contributed by atoms with Crippen LogP contribution in [0.15, 0.2) is 64.5 Å². The van der Waals surface area contributed by atoms with Crippen LogP contribution in [0.1, 0.15) is 50.3 Å². The fourth-order valence-corrected chi connectivity index (χ4v) is 4.28. The standard InChI is InChI=1S/C29H30ClN3O3/c1-6-35-26-13-12-21(30)15-20(26)17-31-33-28(32-25-11-9-8-10-22(25)29(33)34)24-16-23(18(3)4)27(36-7-2)14-19(24)5/h8-18H,6-7H2,1-5H3. The van der Waals surface area contributed by atoms with Crippen LogP contribution in [-0.4, -0.2) is 29.1 Å². The van der Waals surface area contributed by atoms with Gasteiger partial charge in [-0.05, 0) is 80.3 Å². The molecule has 0 spiro atoms. The second kappa shape index (κ2) is 11.0. The number of aryl methyl sites for hydroxylation is 1. The third kappa shape index (κ3) is 5.14.